The molecule has 18 heavy (non-hydrogen) atoms. The second-order valence-electron chi connectivity index (χ2n) is 4.24. The molecule has 3 heteroatoms. The lowest BCUT2D eigenvalue weighted by atomic mass is 10.0. The Morgan fingerprint density at radius 1 is 1.17 bits per heavy atom. The molecule has 1 aromatic carbocycles. The molecule has 0 heterocycles. The normalized spacial score (nSPS) is 10.4. The maximum atomic E-state index is 8.58. The lowest BCUT2D eigenvalue weighted by Gasteiger charge is -2.13. The van der Waals surface area contributed by atoms with Crippen molar-refractivity contribution >= 4 is 0 Å². The standard InChI is InChI=1S/C15H22O3/c1-4-5-14-10-12(2)15(13(3)11-14)18-9-8-17-7-6-16/h4,10-11,16H,1,5-9H2,2-3H3. The number of aliphatic hydroxyl groups is 1. The van der Waals surface area contributed by atoms with Gasteiger partial charge < -0.3 is 14.6 Å². The molecule has 0 bridgehead atoms. The molecule has 0 aliphatic rings. The van der Waals surface area contributed by atoms with Crippen LogP contribution in [-0.4, -0.2) is 31.5 Å². The molecular formula is C15H22O3. The molecule has 0 aliphatic heterocycles. The SMILES string of the molecule is C=CCc1cc(C)c(OCCOCCO)c(C)c1. The van der Waals surface area contributed by atoms with E-state index in [1.807, 2.05) is 19.9 Å². The minimum atomic E-state index is 0.0499. The Kier molecular flexibility index (Phi) is 6.47. The zero-order valence-corrected chi connectivity index (χ0v) is 11.2. The summed E-state index contributed by atoms with van der Waals surface area (Å²) in [5.41, 5.74) is 3.52. The van der Waals surface area contributed by atoms with Gasteiger partial charge in [-0.15, -0.1) is 6.58 Å². The molecule has 0 unspecified atom stereocenters. The Morgan fingerprint density at radius 2 is 1.83 bits per heavy atom. The van der Waals surface area contributed by atoms with Gasteiger partial charge in [0.1, 0.15) is 12.4 Å². The fraction of sp³-hybridized carbons (Fsp3) is 0.467. The van der Waals surface area contributed by atoms with E-state index in [0.717, 1.165) is 23.3 Å². The molecule has 0 amide bonds. The van der Waals surface area contributed by atoms with E-state index in [1.54, 1.807) is 0 Å². The number of allylic oxidation sites excluding steroid dienone is 1. The zero-order chi connectivity index (χ0) is 13.4. The maximum Gasteiger partial charge on any atom is 0.125 e. The van der Waals surface area contributed by atoms with Gasteiger partial charge in [-0.25, -0.2) is 0 Å². The topological polar surface area (TPSA) is 38.7 Å². The van der Waals surface area contributed by atoms with Gasteiger partial charge in [0.2, 0.25) is 0 Å². The van der Waals surface area contributed by atoms with E-state index in [1.165, 1.54) is 5.56 Å². The summed E-state index contributed by atoms with van der Waals surface area (Å²) in [5.74, 6) is 0.926. The van der Waals surface area contributed by atoms with Crippen LogP contribution in [0.1, 0.15) is 16.7 Å². The third-order valence-electron chi connectivity index (χ3n) is 2.61. The second-order valence-corrected chi connectivity index (χ2v) is 4.24. The van der Waals surface area contributed by atoms with Gasteiger partial charge in [0.25, 0.3) is 0 Å². The lowest BCUT2D eigenvalue weighted by molar-refractivity contribution is 0.0702. The molecule has 0 radical (unpaired) electrons. The number of benzene rings is 1. The Labute approximate surface area is 109 Å². The quantitative estimate of drug-likeness (QED) is 0.569. The van der Waals surface area contributed by atoms with Crippen LogP contribution in [0.15, 0.2) is 24.8 Å². The minimum absolute atomic E-state index is 0.0499. The predicted octanol–water partition coefficient (Wildman–Crippen LogP) is 2.42. The largest absolute Gasteiger partial charge is 0.491 e. The lowest BCUT2D eigenvalue weighted by Crippen LogP contribution is -2.10. The summed E-state index contributed by atoms with van der Waals surface area (Å²) >= 11 is 0. The van der Waals surface area contributed by atoms with Crippen molar-refractivity contribution in [2.45, 2.75) is 20.3 Å². The number of ether oxygens (including phenoxy) is 2. The van der Waals surface area contributed by atoms with E-state index in [2.05, 4.69) is 18.7 Å². The van der Waals surface area contributed by atoms with Crippen LogP contribution in [0.4, 0.5) is 0 Å². The Hall–Kier alpha value is -1.32. The Balaban J connectivity index is 2.57. The van der Waals surface area contributed by atoms with Crippen LogP contribution in [-0.2, 0) is 11.2 Å². The van der Waals surface area contributed by atoms with Gasteiger partial charge >= 0.3 is 0 Å². The molecule has 0 aromatic heterocycles. The fourth-order valence-electron chi connectivity index (χ4n) is 1.92. The van der Waals surface area contributed by atoms with Crippen LogP contribution in [0.5, 0.6) is 5.75 Å². The highest BCUT2D eigenvalue weighted by Crippen LogP contribution is 2.25. The van der Waals surface area contributed by atoms with Gasteiger partial charge in [-0.3, -0.25) is 0 Å². The summed E-state index contributed by atoms with van der Waals surface area (Å²) in [6, 6.07) is 4.25. The first-order chi connectivity index (χ1) is 8.69. The molecule has 0 aliphatic carbocycles. The van der Waals surface area contributed by atoms with Crippen molar-refractivity contribution in [2.75, 3.05) is 26.4 Å². The van der Waals surface area contributed by atoms with Crippen molar-refractivity contribution in [1.82, 2.24) is 0 Å². The third kappa shape index (κ3) is 4.51. The summed E-state index contributed by atoms with van der Waals surface area (Å²) in [6.07, 6.45) is 2.78. The van der Waals surface area contributed by atoms with Gasteiger partial charge in [-0.2, -0.15) is 0 Å². The van der Waals surface area contributed by atoms with Crippen LogP contribution >= 0.6 is 0 Å². The summed E-state index contributed by atoms with van der Waals surface area (Å²) in [6.45, 7) is 9.24. The van der Waals surface area contributed by atoms with Crippen molar-refractivity contribution in [1.29, 1.82) is 0 Å². The van der Waals surface area contributed by atoms with Gasteiger partial charge in [0.05, 0.1) is 19.8 Å². The number of hydrogen-bond acceptors (Lipinski definition) is 3. The van der Waals surface area contributed by atoms with Crippen LogP contribution in [0.3, 0.4) is 0 Å². The van der Waals surface area contributed by atoms with E-state index in [9.17, 15) is 0 Å². The fourth-order valence-corrected chi connectivity index (χ4v) is 1.92. The number of rotatable bonds is 8. The molecule has 0 saturated heterocycles. The molecular weight excluding hydrogens is 228 g/mol. The van der Waals surface area contributed by atoms with Gasteiger partial charge in [-0.1, -0.05) is 18.2 Å². The highest BCUT2D eigenvalue weighted by Gasteiger charge is 2.05. The van der Waals surface area contributed by atoms with Crippen molar-refractivity contribution < 1.29 is 14.6 Å². The summed E-state index contributed by atoms with van der Waals surface area (Å²) in [4.78, 5) is 0. The second kappa shape index (κ2) is 7.90. The molecule has 100 valence electrons. The third-order valence-corrected chi connectivity index (χ3v) is 2.61. The van der Waals surface area contributed by atoms with Crippen LogP contribution in [0, 0.1) is 13.8 Å². The zero-order valence-electron chi connectivity index (χ0n) is 11.2. The average molecular weight is 250 g/mol. The molecule has 1 rings (SSSR count). The van der Waals surface area contributed by atoms with E-state index in [-0.39, 0.29) is 6.61 Å². The minimum Gasteiger partial charge on any atom is -0.491 e. The highest BCUT2D eigenvalue weighted by molar-refractivity contribution is 5.43. The smallest absolute Gasteiger partial charge is 0.125 e. The molecule has 0 fully saturated rings. The summed E-state index contributed by atoms with van der Waals surface area (Å²) in [5, 5.41) is 8.58. The van der Waals surface area contributed by atoms with Crippen molar-refractivity contribution in [3.63, 3.8) is 0 Å². The van der Waals surface area contributed by atoms with E-state index in [4.69, 9.17) is 14.6 Å². The number of aliphatic hydroxyl groups excluding tert-OH is 1. The average Bonchev–Trinajstić information content (AvgIpc) is 2.32. The first-order valence-corrected chi connectivity index (χ1v) is 6.21. The number of aryl methyl sites for hydroxylation is 2. The maximum absolute atomic E-state index is 8.58. The molecule has 1 N–H and O–H groups in total. The Morgan fingerprint density at radius 3 is 2.39 bits per heavy atom. The Bertz CT molecular complexity index is 362. The van der Waals surface area contributed by atoms with Crippen LogP contribution < -0.4 is 4.74 Å². The highest BCUT2D eigenvalue weighted by atomic mass is 16.5. The van der Waals surface area contributed by atoms with Gasteiger partial charge in [0, 0.05) is 0 Å². The van der Waals surface area contributed by atoms with E-state index in [0.29, 0.717) is 19.8 Å². The van der Waals surface area contributed by atoms with Crippen LogP contribution in [0.2, 0.25) is 0 Å². The molecule has 0 spiro atoms. The van der Waals surface area contributed by atoms with Crippen molar-refractivity contribution in [3.8, 4) is 5.75 Å². The van der Waals surface area contributed by atoms with E-state index >= 15 is 0 Å². The van der Waals surface area contributed by atoms with E-state index < -0.39 is 0 Å². The molecule has 3 nitrogen and oxygen atoms in total. The van der Waals surface area contributed by atoms with Gasteiger partial charge in [-0.05, 0) is 37.0 Å². The number of hydrogen-bond donors (Lipinski definition) is 1. The van der Waals surface area contributed by atoms with Crippen molar-refractivity contribution in [3.05, 3.63) is 41.5 Å². The molecule has 0 atom stereocenters. The van der Waals surface area contributed by atoms with Crippen LogP contribution in [0.25, 0.3) is 0 Å². The van der Waals surface area contributed by atoms with Crippen molar-refractivity contribution in [2.24, 2.45) is 0 Å². The summed E-state index contributed by atoms with van der Waals surface area (Å²) in [7, 11) is 0. The predicted molar refractivity (Wildman–Crippen MR) is 73.2 cm³/mol. The van der Waals surface area contributed by atoms with Gasteiger partial charge in [0.15, 0.2) is 0 Å². The molecule has 0 saturated carbocycles. The first-order valence-electron chi connectivity index (χ1n) is 6.21. The summed E-state index contributed by atoms with van der Waals surface area (Å²) < 4.78 is 10.9. The molecule has 1 aromatic rings. The first kappa shape index (κ1) is 14.7. The monoisotopic (exact) mass is 250 g/mol.